The fourth-order valence-corrected chi connectivity index (χ4v) is 2.70. The maximum absolute atomic E-state index is 6.22. The van der Waals surface area contributed by atoms with Gasteiger partial charge in [-0.1, -0.05) is 40.9 Å². The van der Waals surface area contributed by atoms with Crippen LogP contribution in [0.1, 0.15) is 30.8 Å². The second-order valence-corrected chi connectivity index (χ2v) is 5.74. The quantitative estimate of drug-likeness (QED) is 0.597. The first-order valence-electron chi connectivity index (χ1n) is 6.44. The molecule has 2 aromatic rings. The smallest absolute Gasteiger partial charge is 0.106 e. The molecule has 1 aromatic carbocycles. The van der Waals surface area contributed by atoms with Gasteiger partial charge in [-0.25, -0.2) is 4.98 Å². The molecule has 0 bridgehead atoms. The Morgan fingerprint density at radius 2 is 2.05 bits per heavy atom. The molecule has 0 amide bonds. The van der Waals surface area contributed by atoms with Crippen molar-refractivity contribution in [3.63, 3.8) is 0 Å². The van der Waals surface area contributed by atoms with Crippen molar-refractivity contribution in [2.75, 3.05) is 6.54 Å². The molecule has 0 fully saturated rings. The van der Waals surface area contributed by atoms with E-state index < -0.39 is 0 Å². The van der Waals surface area contributed by atoms with E-state index in [1.165, 1.54) is 0 Å². The highest BCUT2D eigenvalue weighted by Crippen LogP contribution is 2.35. The Morgan fingerprint density at radius 1 is 1.25 bits per heavy atom. The van der Waals surface area contributed by atoms with E-state index in [1.54, 1.807) is 12.3 Å². The Morgan fingerprint density at radius 3 is 2.75 bits per heavy atom. The number of H-pyrrole nitrogens is 1. The van der Waals surface area contributed by atoms with E-state index in [2.05, 4.69) is 22.2 Å². The first kappa shape index (κ1) is 15.6. The largest absolute Gasteiger partial charge is 0.349 e. The molecule has 6 heteroatoms. The number of aromatic amines is 1. The van der Waals surface area contributed by atoms with Crippen molar-refractivity contribution in [3.05, 3.63) is 51.0 Å². The Balaban J connectivity index is 1.85. The molecule has 0 aliphatic heterocycles. The molecular formula is C14H16Cl3N3. The van der Waals surface area contributed by atoms with Gasteiger partial charge in [0.2, 0.25) is 0 Å². The number of benzene rings is 1. The number of hydrogen-bond acceptors (Lipinski definition) is 2. The molecule has 3 nitrogen and oxygen atoms in total. The van der Waals surface area contributed by atoms with E-state index in [4.69, 9.17) is 34.8 Å². The maximum atomic E-state index is 6.22. The number of aromatic nitrogens is 2. The van der Waals surface area contributed by atoms with Gasteiger partial charge in [-0.2, -0.15) is 0 Å². The summed E-state index contributed by atoms with van der Waals surface area (Å²) in [6.07, 6.45) is 5.51. The summed E-state index contributed by atoms with van der Waals surface area (Å²) >= 11 is 18.2. The SMILES string of the molecule is CC(NCCCc1ncc[nH]1)c1ccc(Cl)c(Cl)c1Cl. The van der Waals surface area contributed by atoms with E-state index in [1.807, 2.05) is 12.3 Å². The number of imidazole rings is 1. The third-order valence-electron chi connectivity index (χ3n) is 3.13. The molecule has 0 saturated carbocycles. The first-order valence-corrected chi connectivity index (χ1v) is 7.58. The lowest BCUT2D eigenvalue weighted by atomic mass is 10.1. The van der Waals surface area contributed by atoms with Crippen molar-refractivity contribution in [2.24, 2.45) is 0 Å². The van der Waals surface area contributed by atoms with Crippen molar-refractivity contribution in [1.29, 1.82) is 0 Å². The molecule has 0 aliphatic carbocycles. The Kier molecular flexibility index (Phi) is 5.73. The highest BCUT2D eigenvalue weighted by molar-refractivity contribution is 6.48. The van der Waals surface area contributed by atoms with Gasteiger partial charge in [0.1, 0.15) is 5.82 Å². The molecule has 20 heavy (non-hydrogen) atoms. The minimum absolute atomic E-state index is 0.119. The topological polar surface area (TPSA) is 40.7 Å². The van der Waals surface area contributed by atoms with E-state index >= 15 is 0 Å². The van der Waals surface area contributed by atoms with E-state index in [9.17, 15) is 0 Å². The molecule has 0 radical (unpaired) electrons. The molecule has 2 rings (SSSR count). The molecule has 108 valence electrons. The number of rotatable bonds is 6. The fraction of sp³-hybridized carbons (Fsp3) is 0.357. The van der Waals surface area contributed by atoms with Crippen LogP contribution in [0.2, 0.25) is 15.1 Å². The summed E-state index contributed by atoms with van der Waals surface area (Å²) in [5.74, 6) is 1.01. The highest BCUT2D eigenvalue weighted by Gasteiger charge is 2.13. The molecule has 0 spiro atoms. The zero-order chi connectivity index (χ0) is 14.5. The fourth-order valence-electron chi connectivity index (χ4n) is 1.99. The van der Waals surface area contributed by atoms with Gasteiger partial charge in [0.25, 0.3) is 0 Å². The van der Waals surface area contributed by atoms with Crippen molar-refractivity contribution in [2.45, 2.75) is 25.8 Å². The Bertz CT molecular complexity index is 555. The van der Waals surface area contributed by atoms with E-state index in [-0.39, 0.29) is 6.04 Å². The van der Waals surface area contributed by atoms with Gasteiger partial charge < -0.3 is 10.3 Å². The van der Waals surface area contributed by atoms with Crippen LogP contribution in [0.4, 0.5) is 0 Å². The average molecular weight is 333 g/mol. The number of nitrogens with zero attached hydrogens (tertiary/aromatic N) is 1. The number of hydrogen-bond donors (Lipinski definition) is 2. The summed E-state index contributed by atoms with van der Waals surface area (Å²) in [6, 6.07) is 3.79. The lowest BCUT2D eigenvalue weighted by Crippen LogP contribution is -2.20. The van der Waals surface area contributed by atoms with Crippen LogP contribution in [0.25, 0.3) is 0 Å². The van der Waals surface area contributed by atoms with Crippen LogP contribution in [0, 0.1) is 0 Å². The molecule has 0 saturated heterocycles. The van der Waals surface area contributed by atoms with Crippen LogP contribution in [0.3, 0.4) is 0 Å². The van der Waals surface area contributed by atoms with Crippen LogP contribution >= 0.6 is 34.8 Å². The Labute approximate surface area is 133 Å². The van der Waals surface area contributed by atoms with Gasteiger partial charge in [-0.15, -0.1) is 0 Å². The van der Waals surface area contributed by atoms with Gasteiger partial charge in [0.15, 0.2) is 0 Å². The predicted octanol–water partition coefficient (Wildman–Crippen LogP) is 4.65. The second kappa shape index (κ2) is 7.32. The molecule has 1 atom stereocenters. The number of aryl methyl sites for hydroxylation is 1. The summed E-state index contributed by atoms with van der Waals surface area (Å²) in [5, 5.41) is 4.83. The minimum atomic E-state index is 0.119. The van der Waals surface area contributed by atoms with Crippen molar-refractivity contribution in [1.82, 2.24) is 15.3 Å². The number of halogens is 3. The molecule has 2 N–H and O–H groups in total. The van der Waals surface area contributed by atoms with Crippen LogP contribution < -0.4 is 5.32 Å². The van der Waals surface area contributed by atoms with Gasteiger partial charge in [0, 0.05) is 24.9 Å². The zero-order valence-corrected chi connectivity index (χ0v) is 13.4. The van der Waals surface area contributed by atoms with Crippen LogP contribution in [-0.2, 0) is 6.42 Å². The predicted molar refractivity (Wildman–Crippen MR) is 84.8 cm³/mol. The normalized spacial score (nSPS) is 12.6. The molecule has 1 aromatic heterocycles. The monoisotopic (exact) mass is 331 g/mol. The summed E-state index contributed by atoms with van der Waals surface area (Å²) in [6.45, 7) is 2.93. The lowest BCUT2D eigenvalue weighted by molar-refractivity contribution is 0.555. The molecular weight excluding hydrogens is 317 g/mol. The summed E-state index contributed by atoms with van der Waals surface area (Å²) in [5.41, 5.74) is 0.957. The van der Waals surface area contributed by atoms with E-state index in [0.717, 1.165) is 30.8 Å². The van der Waals surface area contributed by atoms with Crippen molar-refractivity contribution < 1.29 is 0 Å². The van der Waals surface area contributed by atoms with Gasteiger partial charge >= 0.3 is 0 Å². The third-order valence-corrected chi connectivity index (χ3v) is 4.44. The number of nitrogens with one attached hydrogen (secondary N) is 2. The summed E-state index contributed by atoms with van der Waals surface area (Å²) < 4.78 is 0. The van der Waals surface area contributed by atoms with Gasteiger partial charge in [-0.3, -0.25) is 0 Å². The van der Waals surface area contributed by atoms with Crippen LogP contribution in [0.15, 0.2) is 24.5 Å². The zero-order valence-electron chi connectivity index (χ0n) is 11.1. The summed E-state index contributed by atoms with van der Waals surface area (Å²) in [7, 11) is 0. The first-order chi connectivity index (χ1) is 9.59. The molecule has 0 aliphatic rings. The average Bonchev–Trinajstić information content (AvgIpc) is 2.94. The third kappa shape index (κ3) is 3.89. The van der Waals surface area contributed by atoms with Gasteiger partial charge in [0.05, 0.1) is 15.1 Å². The molecule has 1 unspecified atom stereocenters. The highest BCUT2D eigenvalue weighted by atomic mass is 35.5. The molecule has 1 heterocycles. The van der Waals surface area contributed by atoms with Crippen molar-refractivity contribution >= 4 is 34.8 Å². The summed E-state index contributed by atoms with van der Waals surface area (Å²) in [4.78, 5) is 7.28. The minimum Gasteiger partial charge on any atom is -0.349 e. The Hall–Kier alpha value is -0.740. The second-order valence-electron chi connectivity index (χ2n) is 4.58. The van der Waals surface area contributed by atoms with Crippen LogP contribution in [0.5, 0.6) is 0 Å². The van der Waals surface area contributed by atoms with Crippen LogP contribution in [-0.4, -0.2) is 16.5 Å². The van der Waals surface area contributed by atoms with E-state index in [0.29, 0.717) is 15.1 Å². The van der Waals surface area contributed by atoms with Gasteiger partial charge in [-0.05, 0) is 31.5 Å². The standard InChI is InChI=1S/C14H16Cl3N3/c1-9(10-4-5-11(15)14(17)13(10)16)18-6-2-3-12-19-7-8-20-12/h4-5,7-9,18H,2-3,6H2,1H3,(H,19,20). The lowest BCUT2D eigenvalue weighted by Gasteiger charge is -2.16. The van der Waals surface area contributed by atoms with Crippen molar-refractivity contribution in [3.8, 4) is 0 Å². The maximum Gasteiger partial charge on any atom is 0.106 e.